The SMILES string of the molecule is COc1ccc(CC(=S)N(Cc2ccccc2C)C2CCN(Cc3ccccc3)CC2)cc1. The molecule has 3 aromatic rings. The zero-order valence-electron chi connectivity index (χ0n) is 19.7. The fraction of sp³-hybridized carbons (Fsp3) is 0.345. The van der Waals surface area contributed by atoms with Gasteiger partial charge >= 0.3 is 0 Å². The molecule has 33 heavy (non-hydrogen) atoms. The Balaban J connectivity index is 1.45. The molecule has 1 aliphatic heterocycles. The molecular weight excluding hydrogens is 424 g/mol. The quantitative estimate of drug-likeness (QED) is 0.382. The van der Waals surface area contributed by atoms with E-state index in [2.05, 4.69) is 83.5 Å². The predicted octanol–water partition coefficient (Wildman–Crippen LogP) is 6.04. The van der Waals surface area contributed by atoms with Crippen LogP contribution in [0.15, 0.2) is 78.9 Å². The van der Waals surface area contributed by atoms with Gasteiger partial charge in [0, 0.05) is 38.6 Å². The van der Waals surface area contributed by atoms with Crippen LogP contribution in [0.1, 0.15) is 35.1 Å². The van der Waals surface area contributed by atoms with E-state index in [0.717, 1.165) is 56.2 Å². The number of benzene rings is 3. The van der Waals surface area contributed by atoms with E-state index < -0.39 is 0 Å². The Hall–Kier alpha value is -2.69. The number of methoxy groups -OCH3 is 1. The van der Waals surface area contributed by atoms with Crippen molar-refractivity contribution in [3.05, 3.63) is 101 Å². The van der Waals surface area contributed by atoms with Gasteiger partial charge in [-0.3, -0.25) is 4.90 Å². The van der Waals surface area contributed by atoms with Gasteiger partial charge in [-0.15, -0.1) is 0 Å². The number of likely N-dealkylation sites (tertiary alicyclic amines) is 1. The predicted molar refractivity (Wildman–Crippen MR) is 141 cm³/mol. The van der Waals surface area contributed by atoms with Crippen molar-refractivity contribution in [2.45, 2.75) is 45.3 Å². The second-order valence-corrected chi connectivity index (χ2v) is 9.44. The normalized spacial score (nSPS) is 14.7. The number of hydrogen-bond acceptors (Lipinski definition) is 3. The monoisotopic (exact) mass is 458 g/mol. The maximum atomic E-state index is 6.06. The zero-order chi connectivity index (χ0) is 23.0. The number of nitrogens with zero attached hydrogens (tertiary/aromatic N) is 2. The van der Waals surface area contributed by atoms with Crippen LogP contribution in [0.3, 0.4) is 0 Å². The molecule has 1 fully saturated rings. The summed E-state index contributed by atoms with van der Waals surface area (Å²) in [5.41, 5.74) is 5.32. The molecule has 4 rings (SSSR count). The van der Waals surface area contributed by atoms with Crippen LogP contribution in [0.2, 0.25) is 0 Å². The van der Waals surface area contributed by atoms with Crippen molar-refractivity contribution in [3.63, 3.8) is 0 Å². The van der Waals surface area contributed by atoms with E-state index in [1.165, 1.54) is 22.3 Å². The Morgan fingerprint density at radius 3 is 2.24 bits per heavy atom. The highest BCUT2D eigenvalue weighted by atomic mass is 32.1. The molecule has 0 radical (unpaired) electrons. The summed E-state index contributed by atoms with van der Waals surface area (Å²) in [5.74, 6) is 0.882. The molecule has 0 unspecified atom stereocenters. The minimum absolute atomic E-state index is 0.474. The van der Waals surface area contributed by atoms with Crippen molar-refractivity contribution in [1.29, 1.82) is 0 Å². The van der Waals surface area contributed by atoms with Gasteiger partial charge in [0.1, 0.15) is 5.75 Å². The van der Waals surface area contributed by atoms with E-state index in [9.17, 15) is 0 Å². The Labute approximate surface area is 204 Å². The largest absolute Gasteiger partial charge is 0.497 e. The lowest BCUT2D eigenvalue weighted by Crippen LogP contribution is -2.46. The molecule has 4 heteroatoms. The third-order valence-corrected chi connectivity index (χ3v) is 7.06. The summed E-state index contributed by atoms with van der Waals surface area (Å²) in [4.78, 5) is 6.11. The van der Waals surface area contributed by atoms with Gasteiger partial charge in [-0.25, -0.2) is 0 Å². The molecule has 0 atom stereocenters. The number of hydrogen-bond donors (Lipinski definition) is 0. The summed E-state index contributed by atoms with van der Waals surface area (Å²) in [7, 11) is 1.70. The molecule has 0 saturated carbocycles. The van der Waals surface area contributed by atoms with Crippen molar-refractivity contribution >= 4 is 17.2 Å². The number of ether oxygens (including phenoxy) is 1. The van der Waals surface area contributed by atoms with Gasteiger partial charge in [-0.05, 0) is 54.2 Å². The minimum Gasteiger partial charge on any atom is -0.497 e. The van der Waals surface area contributed by atoms with Gasteiger partial charge in [0.2, 0.25) is 0 Å². The van der Waals surface area contributed by atoms with Crippen molar-refractivity contribution < 1.29 is 4.74 Å². The standard InChI is InChI=1S/C29H34N2OS/c1-23-8-6-7-11-26(23)22-31(29(33)20-24-12-14-28(32-2)15-13-24)27-16-18-30(19-17-27)21-25-9-4-3-5-10-25/h3-15,27H,16-22H2,1-2H3. The fourth-order valence-electron chi connectivity index (χ4n) is 4.64. The van der Waals surface area contributed by atoms with Crippen molar-refractivity contribution in [2.24, 2.45) is 0 Å². The third-order valence-electron chi connectivity index (χ3n) is 6.68. The Kier molecular flexibility index (Phi) is 8.14. The van der Waals surface area contributed by atoms with Crippen molar-refractivity contribution in [3.8, 4) is 5.75 Å². The molecule has 172 valence electrons. The van der Waals surface area contributed by atoms with Gasteiger partial charge in [-0.2, -0.15) is 0 Å². The average molecular weight is 459 g/mol. The molecule has 0 aliphatic carbocycles. The highest BCUT2D eigenvalue weighted by molar-refractivity contribution is 7.80. The first-order chi connectivity index (χ1) is 16.1. The Bertz CT molecular complexity index is 1030. The van der Waals surface area contributed by atoms with Crippen LogP contribution in [0.25, 0.3) is 0 Å². The molecule has 1 aliphatic rings. The topological polar surface area (TPSA) is 15.7 Å². The van der Waals surface area contributed by atoms with Gasteiger partial charge in [-0.1, -0.05) is 78.9 Å². The van der Waals surface area contributed by atoms with Crippen LogP contribution in [0.5, 0.6) is 5.75 Å². The molecule has 1 saturated heterocycles. The van der Waals surface area contributed by atoms with Gasteiger partial charge in [0.25, 0.3) is 0 Å². The van der Waals surface area contributed by atoms with Crippen molar-refractivity contribution in [2.75, 3.05) is 20.2 Å². The highest BCUT2D eigenvalue weighted by Gasteiger charge is 2.26. The first kappa shape index (κ1) is 23.5. The lowest BCUT2D eigenvalue weighted by atomic mass is 9.99. The smallest absolute Gasteiger partial charge is 0.118 e. The van der Waals surface area contributed by atoms with Gasteiger partial charge in [0.15, 0.2) is 0 Å². The third kappa shape index (κ3) is 6.43. The van der Waals surface area contributed by atoms with Gasteiger partial charge < -0.3 is 9.64 Å². The number of thiocarbonyl (C=S) groups is 1. The van der Waals surface area contributed by atoms with Crippen LogP contribution in [-0.2, 0) is 19.5 Å². The summed E-state index contributed by atoms with van der Waals surface area (Å²) in [5, 5.41) is 0. The summed E-state index contributed by atoms with van der Waals surface area (Å²) in [6.07, 6.45) is 3.07. The highest BCUT2D eigenvalue weighted by Crippen LogP contribution is 2.24. The fourth-order valence-corrected chi connectivity index (χ4v) is 5.02. The number of aryl methyl sites for hydroxylation is 1. The van der Waals surface area contributed by atoms with Crippen LogP contribution in [0.4, 0.5) is 0 Å². The average Bonchev–Trinajstić information content (AvgIpc) is 2.85. The Morgan fingerprint density at radius 2 is 1.58 bits per heavy atom. The van der Waals surface area contributed by atoms with Crippen LogP contribution >= 0.6 is 12.2 Å². The lowest BCUT2D eigenvalue weighted by molar-refractivity contribution is 0.145. The summed E-state index contributed by atoms with van der Waals surface area (Å²) in [6, 6.07) is 28.2. The molecule has 0 bridgehead atoms. The maximum absolute atomic E-state index is 6.06. The second kappa shape index (κ2) is 11.4. The summed E-state index contributed by atoms with van der Waals surface area (Å²) in [6.45, 7) is 6.32. The van der Waals surface area contributed by atoms with Crippen LogP contribution in [-0.4, -0.2) is 41.0 Å². The zero-order valence-corrected chi connectivity index (χ0v) is 20.6. The van der Waals surface area contributed by atoms with E-state index in [1.807, 2.05) is 12.1 Å². The number of piperidine rings is 1. The minimum atomic E-state index is 0.474. The van der Waals surface area contributed by atoms with E-state index >= 15 is 0 Å². The van der Waals surface area contributed by atoms with E-state index in [1.54, 1.807) is 7.11 Å². The molecule has 0 spiro atoms. The van der Waals surface area contributed by atoms with Crippen LogP contribution in [0, 0.1) is 6.92 Å². The molecule has 3 aromatic carbocycles. The molecular formula is C29H34N2OS. The van der Waals surface area contributed by atoms with Crippen molar-refractivity contribution in [1.82, 2.24) is 9.80 Å². The van der Waals surface area contributed by atoms with E-state index in [4.69, 9.17) is 17.0 Å². The molecule has 3 nitrogen and oxygen atoms in total. The lowest BCUT2D eigenvalue weighted by Gasteiger charge is -2.40. The molecule has 0 aromatic heterocycles. The summed E-state index contributed by atoms with van der Waals surface area (Å²) < 4.78 is 5.31. The summed E-state index contributed by atoms with van der Waals surface area (Å²) >= 11 is 6.06. The van der Waals surface area contributed by atoms with Gasteiger partial charge in [0.05, 0.1) is 12.1 Å². The molecule has 0 N–H and O–H groups in total. The van der Waals surface area contributed by atoms with E-state index in [0.29, 0.717) is 6.04 Å². The first-order valence-electron chi connectivity index (χ1n) is 11.9. The second-order valence-electron chi connectivity index (χ2n) is 8.97. The van der Waals surface area contributed by atoms with E-state index in [-0.39, 0.29) is 0 Å². The van der Waals surface area contributed by atoms with Crippen LogP contribution < -0.4 is 4.74 Å². The Morgan fingerprint density at radius 1 is 0.909 bits per heavy atom. The number of rotatable bonds is 8. The maximum Gasteiger partial charge on any atom is 0.118 e. The molecule has 0 amide bonds. The first-order valence-corrected chi connectivity index (χ1v) is 12.3. The molecule has 1 heterocycles.